The summed E-state index contributed by atoms with van der Waals surface area (Å²) in [5, 5.41) is 3.01. The first kappa shape index (κ1) is 17.2. The monoisotopic (exact) mass is 354 g/mol. The first-order valence-corrected chi connectivity index (χ1v) is 9.36. The van der Waals surface area contributed by atoms with Gasteiger partial charge < -0.3 is 5.32 Å². The molecule has 2 aromatic carbocycles. The number of carbonyl (C=O) groups excluding carboxylic acids is 1. The fourth-order valence-corrected chi connectivity index (χ4v) is 3.50. The first-order chi connectivity index (χ1) is 13.3. The van der Waals surface area contributed by atoms with Gasteiger partial charge in [0.2, 0.25) is 5.91 Å². The number of aryl methyl sites for hydroxylation is 2. The maximum absolute atomic E-state index is 12.4. The third kappa shape index (κ3) is 4.50. The molecule has 3 heteroatoms. The third-order valence-electron chi connectivity index (χ3n) is 4.83. The molecule has 1 aromatic heterocycles. The van der Waals surface area contributed by atoms with E-state index in [1.54, 1.807) is 6.20 Å². The Morgan fingerprint density at radius 2 is 1.89 bits per heavy atom. The number of amides is 1. The molecule has 0 saturated carbocycles. The van der Waals surface area contributed by atoms with Gasteiger partial charge in [-0.15, -0.1) is 0 Å². The van der Waals surface area contributed by atoms with Crippen LogP contribution in [0.25, 0.3) is 12.2 Å². The number of aromatic nitrogens is 1. The van der Waals surface area contributed by atoms with Crippen LogP contribution in [0.2, 0.25) is 0 Å². The second kappa shape index (κ2) is 8.00. The third-order valence-corrected chi connectivity index (χ3v) is 4.83. The van der Waals surface area contributed by atoms with Crippen LogP contribution in [0.5, 0.6) is 0 Å². The van der Waals surface area contributed by atoms with Crippen LogP contribution in [-0.2, 0) is 24.1 Å². The van der Waals surface area contributed by atoms with Crippen molar-refractivity contribution >= 4 is 23.7 Å². The summed E-state index contributed by atoms with van der Waals surface area (Å²) >= 11 is 0. The van der Waals surface area contributed by atoms with E-state index in [-0.39, 0.29) is 5.91 Å². The van der Waals surface area contributed by atoms with Crippen molar-refractivity contribution in [1.82, 2.24) is 4.98 Å². The number of anilines is 1. The van der Waals surface area contributed by atoms with E-state index in [1.165, 1.54) is 24.0 Å². The minimum Gasteiger partial charge on any atom is -0.326 e. The lowest BCUT2D eigenvalue weighted by atomic mass is 10.0. The van der Waals surface area contributed by atoms with Gasteiger partial charge in [-0.25, -0.2) is 0 Å². The largest absolute Gasteiger partial charge is 0.326 e. The number of hydrogen-bond acceptors (Lipinski definition) is 2. The molecule has 27 heavy (non-hydrogen) atoms. The molecule has 1 aliphatic carbocycles. The Kier molecular flexibility index (Phi) is 5.10. The van der Waals surface area contributed by atoms with Crippen molar-refractivity contribution in [2.45, 2.75) is 25.7 Å². The summed E-state index contributed by atoms with van der Waals surface area (Å²) in [6, 6.07) is 20.1. The zero-order chi connectivity index (χ0) is 18.5. The van der Waals surface area contributed by atoms with Crippen LogP contribution in [0.15, 0.2) is 66.9 Å². The van der Waals surface area contributed by atoms with Gasteiger partial charge in [0.05, 0.1) is 12.1 Å². The molecular formula is C24H22N2O. The molecule has 0 fully saturated rings. The molecular weight excluding hydrogens is 332 g/mol. The topological polar surface area (TPSA) is 42.0 Å². The van der Waals surface area contributed by atoms with E-state index in [2.05, 4.69) is 28.5 Å². The van der Waals surface area contributed by atoms with Gasteiger partial charge in [-0.3, -0.25) is 9.78 Å². The second-order valence-electron chi connectivity index (χ2n) is 6.89. The molecule has 4 rings (SSSR count). The van der Waals surface area contributed by atoms with Crippen molar-refractivity contribution in [2.24, 2.45) is 0 Å². The van der Waals surface area contributed by atoms with Crippen molar-refractivity contribution in [2.75, 3.05) is 5.32 Å². The predicted octanol–water partition coefficient (Wildman–Crippen LogP) is 4.92. The number of rotatable bonds is 5. The summed E-state index contributed by atoms with van der Waals surface area (Å²) in [6.45, 7) is 0. The van der Waals surface area contributed by atoms with E-state index in [9.17, 15) is 4.79 Å². The molecule has 134 valence electrons. The summed E-state index contributed by atoms with van der Waals surface area (Å²) in [7, 11) is 0. The SMILES string of the molecule is O=C(Cc1ccc2c(c1)CCC2)Nc1cccc(C=Cc2ccccn2)c1. The Balaban J connectivity index is 1.40. The van der Waals surface area contributed by atoms with Crippen LogP contribution in [0.4, 0.5) is 5.69 Å². The number of nitrogens with one attached hydrogen (secondary N) is 1. The van der Waals surface area contributed by atoms with Crippen molar-refractivity contribution in [3.05, 3.63) is 94.8 Å². The molecule has 1 heterocycles. The molecule has 0 atom stereocenters. The van der Waals surface area contributed by atoms with Crippen LogP contribution < -0.4 is 5.32 Å². The highest BCUT2D eigenvalue weighted by molar-refractivity contribution is 5.92. The summed E-state index contributed by atoms with van der Waals surface area (Å²) in [6.07, 6.45) is 9.67. The van der Waals surface area contributed by atoms with E-state index in [1.807, 2.05) is 54.6 Å². The van der Waals surface area contributed by atoms with Crippen molar-refractivity contribution < 1.29 is 4.79 Å². The number of pyridine rings is 1. The molecule has 0 aliphatic heterocycles. The fourth-order valence-electron chi connectivity index (χ4n) is 3.50. The maximum atomic E-state index is 12.4. The zero-order valence-electron chi connectivity index (χ0n) is 15.2. The van der Waals surface area contributed by atoms with Gasteiger partial charge >= 0.3 is 0 Å². The highest BCUT2D eigenvalue weighted by Crippen LogP contribution is 2.23. The van der Waals surface area contributed by atoms with Crippen LogP contribution in [-0.4, -0.2) is 10.9 Å². The van der Waals surface area contributed by atoms with Crippen LogP contribution in [0.1, 0.15) is 34.4 Å². The Bertz CT molecular complexity index is 977. The number of carbonyl (C=O) groups is 1. The summed E-state index contributed by atoms with van der Waals surface area (Å²) in [5.41, 5.74) is 6.66. The van der Waals surface area contributed by atoms with Gasteiger partial charge in [0.25, 0.3) is 0 Å². The first-order valence-electron chi connectivity index (χ1n) is 9.36. The van der Waals surface area contributed by atoms with Crippen LogP contribution in [0.3, 0.4) is 0 Å². The Morgan fingerprint density at radius 3 is 2.78 bits per heavy atom. The predicted molar refractivity (Wildman–Crippen MR) is 110 cm³/mol. The van der Waals surface area contributed by atoms with Gasteiger partial charge in [-0.05, 0) is 71.9 Å². The Hall–Kier alpha value is -3.20. The van der Waals surface area contributed by atoms with Gasteiger partial charge in [0.15, 0.2) is 0 Å². The minimum atomic E-state index is 0.0128. The van der Waals surface area contributed by atoms with Crippen LogP contribution >= 0.6 is 0 Å². The lowest BCUT2D eigenvalue weighted by molar-refractivity contribution is -0.115. The normalized spacial score (nSPS) is 12.9. The van der Waals surface area contributed by atoms with Gasteiger partial charge in [0.1, 0.15) is 0 Å². The van der Waals surface area contributed by atoms with Crippen molar-refractivity contribution in [3.63, 3.8) is 0 Å². The average molecular weight is 354 g/mol. The molecule has 1 amide bonds. The molecule has 0 radical (unpaired) electrons. The Labute approximate surface area is 159 Å². The highest BCUT2D eigenvalue weighted by atomic mass is 16.1. The quantitative estimate of drug-likeness (QED) is 0.706. The van der Waals surface area contributed by atoms with E-state index in [0.29, 0.717) is 6.42 Å². The molecule has 1 N–H and O–H groups in total. The van der Waals surface area contributed by atoms with E-state index in [0.717, 1.165) is 28.9 Å². The number of hydrogen-bond donors (Lipinski definition) is 1. The summed E-state index contributed by atoms with van der Waals surface area (Å²) in [5.74, 6) is 0.0128. The smallest absolute Gasteiger partial charge is 0.228 e. The summed E-state index contributed by atoms with van der Waals surface area (Å²) < 4.78 is 0. The molecule has 0 unspecified atom stereocenters. The summed E-state index contributed by atoms with van der Waals surface area (Å²) in [4.78, 5) is 16.7. The van der Waals surface area contributed by atoms with Gasteiger partial charge in [-0.2, -0.15) is 0 Å². The molecule has 0 bridgehead atoms. The standard InChI is InChI=1S/C24H22N2O/c27-24(17-19-10-12-20-6-4-7-21(20)15-19)26-23-9-3-5-18(16-23)11-13-22-8-1-2-14-25-22/h1-3,5,8-16H,4,6-7,17H2,(H,26,27). The molecule has 1 aliphatic rings. The Morgan fingerprint density at radius 1 is 0.963 bits per heavy atom. The van der Waals surface area contributed by atoms with Crippen LogP contribution in [0, 0.1) is 0 Å². The average Bonchev–Trinajstić information content (AvgIpc) is 3.15. The molecule has 0 saturated heterocycles. The zero-order valence-corrected chi connectivity index (χ0v) is 15.2. The van der Waals surface area contributed by atoms with E-state index >= 15 is 0 Å². The highest BCUT2D eigenvalue weighted by Gasteiger charge is 2.12. The van der Waals surface area contributed by atoms with E-state index in [4.69, 9.17) is 0 Å². The fraction of sp³-hybridized carbons (Fsp3) is 0.167. The van der Waals surface area contributed by atoms with Crippen molar-refractivity contribution in [3.8, 4) is 0 Å². The molecule has 0 spiro atoms. The van der Waals surface area contributed by atoms with E-state index < -0.39 is 0 Å². The lowest BCUT2D eigenvalue weighted by Crippen LogP contribution is -2.14. The number of nitrogens with zero attached hydrogens (tertiary/aromatic N) is 1. The minimum absolute atomic E-state index is 0.0128. The molecule has 3 aromatic rings. The second-order valence-corrected chi connectivity index (χ2v) is 6.89. The number of benzene rings is 2. The lowest BCUT2D eigenvalue weighted by Gasteiger charge is -2.08. The maximum Gasteiger partial charge on any atom is 0.228 e. The van der Waals surface area contributed by atoms with Gasteiger partial charge in [-0.1, -0.05) is 42.5 Å². The van der Waals surface area contributed by atoms with Crippen molar-refractivity contribution in [1.29, 1.82) is 0 Å². The van der Waals surface area contributed by atoms with Gasteiger partial charge in [0, 0.05) is 11.9 Å². The molecule has 3 nitrogen and oxygen atoms in total. The number of fused-ring (bicyclic) bond motifs is 1.